The van der Waals surface area contributed by atoms with Gasteiger partial charge in [0.25, 0.3) is 0 Å². The monoisotopic (exact) mass is 271 g/mol. The fourth-order valence-corrected chi connectivity index (χ4v) is 2.33. The topological polar surface area (TPSA) is 50.1 Å². The molecule has 3 nitrogen and oxygen atoms in total. The number of unbranched alkanes of at least 4 members (excludes halogenated alkanes) is 6. The molecule has 0 saturated carbocycles. The summed E-state index contributed by atoms with van der Waals surface area (Å²) in [5.74, 6) is 0. The summed E-state index contributed by atoms with van der Waals surface area (Å²) in [6.45, 7) is 8.46. The Morgan fingerprint density at radius 1 is 0.842 bits per heavy atom. The standard InChI is InChI=1S/C16H37N3/c1-3-5-7-9-11-16(19-14-12-17)15-18-13-10-8-6-4-2/h16,18-19H,3-15,17H2,1-2H3. The lowest BCUT2D eigenvalue weighted by Gasteiger charge is -2.19. The second-order valence-corrected chi connectivity index (χ2v) is 5.55. The van der Waals surface area contributed by atoms with E-state index >= 15 is 0 Å². The molecule has 1 unspecified atom stereocenters. The Bertz CT molecular complexity index is 162. The van der Waals surface area contributed by atoms with Crippen LogP contribution in [0.1, 0.15) is 71.6 Å². The van der Waals surface area contributed by atoms with E-state index in [1.807, 2.05) is 0 Å². The highest BCUT2D eigenvalue weighted by Gasteiger charge is 2.06. The van der Waals surface area contributed by atoms with Gasteiger partial charge in [-0.25, -0.2) is 0 Å². The fraction of sp³-hybridized carbons (Fsp3) is 1.00. The van der Waals surface area contributed by atoms with Crippen molar-refractivity contribution < 1.29 is 0 Å². The zero-order valence-electron chi connectivity index (χ0n) is 13.3. The van der Waals surface area contributed by atoms with Crippen LogP contribution in [0.4, 0.5) is 0 Å². The molecular formula is C16H37N3. The van der Waals surface area contributed by atoms with Crippen LogP contribution in [0.15, 0.2) is 0 Å². The number of hydrogen-bond acceptors (Lipinski definition) is 3. The molecule has 0 spiro atoms. The van der Waals surface area contributed by atoms with Crippen molar-refractivity contribution >= 4 is 0 Å². The molecule has 19 heavy (non-hydrogen) atoms. The molecule has 0 aromatic carbocycles. The molecule has 0 aliphatic carbocycles. The molecule has 0 aliphatic rings. The maximum atomic E-state index is 5.58. The normalized spacial score (nSPS) is 12.8. The van der Waals surface area contributed by atoms with Crippen LogP contribution < -0.4 is 16.4 Å². The van der Waals surface area contributed by atoms with Crippen molar-refractivity contribution in [3.63, 3.8) is 0 Å². The highest BCUT2D eigenvalue weighted by atomic mass is 15.0. The number of nitrogens with two attached hydrogens (primary N) is 1. The summed E-state index contributed by atoms with van der Waals surface area (Å²) in [5.41, 5.74) is 5.58. The summed E-state index contributed by atoms with van der Waals surface area (Å²) in [6, 6.07) is 0.603. The van der Waals surface area contributed by atoms with Crippen molar-refractivity contribution in [3.05, 3.63) is 0 Å². The lowest BCUT2D eigenvalue weighted by Crippen LogP contribution is -2.41. The van der Waals surface area contributed by atoms with Crippen molar-refractivity contribution in [2.75, 3.05) is 26.2 Å². The van der Waals surface area contributed by atoms with E-state index in [-0.39, 0.29) is 0 Å². The first-order valence-corrected chi connectivity index (χ1v) is 8.49. The summed E-state index contributed by atoms with van der Waals surface area (Å²) in [6.07, 6.45) is 12.0. The maximum Gasteiger partial charge on any atom is 0.0193 e. The van der Waals surface area contributed by atoms with Gasteiger partial charge in [0, 0.05) is 25.7 Å². The molecule has 3 heteroatoms. The molecule has 0 rings (SSSR count). The van der Waals surface area contributed by atoms with Crippen LogP contribution in [0.3, 0.4) is 0 Å². The van der Waals surface area contributed by atoms with Gasteiger partial charge in [-0.2, -0.15) is 0 Å². The average Bonchev–Trinajstić information content (AvgIpc) is 2.43. The summed E-state index contributed by atoms with van der Waals surface area (Å²) >= 11 is 0. The van der Waals surface area contributed by atoms with Gasteiger partial charge in [0.1, 0.15) is 0 Å². The number of hydrogen-bond donors (Lipinski definition) is 3. The third-order valence-electron chi connectivity index (χ3n) is 3.58. The second-order valence-electron chi connectivity index (χ2n) is 5.55. The van der Waals surface area contributed by atoms with Crippen molar-refractivity contribution in [1.82, 2.24) is 10.6 Å². The Labute approximate surface area is 121 Å². The van der Waals surface area contributed by atoms with E-state index < -0.39 is 0 Å². The van der Waals surface area contributed by atoms with Crippen LogP contribution in [0.25, 0.3) is 0 Å². The van der Waals surface area contributed by atoms with Crippen LogP contribution in [-0.4, -0.2) is 32.2 Å². The first kappa shape index (κ1) is 18.9. The van der Waals surface area contributed by atoms with Crippen molar-refractivity contribution in [1.29, 1.82) is 0 Å². The molecule has 0 aliphatic heterocycles. The van der Waals surface area contributed by atoms with Gasteiger partial charge in [-0.15, -0.1) is 0 Å². The molecule has 0 radical (unpaired) electrons. The van der Waals surface area contributed by atoms with Crippen molar-refractivity contribution in [2.45, 2.75) is 77.7 Å². The van der Waals surface area contributed by atoms with E-state index in [1.165, 1.54) is 57.8 Å². The zero-order chi connectivity index (χ0) is 14.2. The van der Waals surface area contributed by atoms with Crippen molar-refractivity contribution in [3.8, 4) is 0 Å². The molecule has 0 aromatic rings. The average molecular weight is 271 g/mol. The van der Waals surface area contributed by atoms with Crippen LogP contribution >= 0.6 is 0 Å². The number of rotatable bonds is 15. The van der Waals surface area contributed by atoms with E-state index in [1.54, 1.807) is 0 Å². The van der Waals surface area contributed by atoms with Crippen LogP contribution in [-0.2, 0) is 0 Å². The van der Waals surface area contributed by atoms with E-state index in [4.69, 9.17) is 5.73 Å². The molecule has 0 bridgehead atoms. The summed E-state index contributed by atoms with van der Waals surface area (Å²) in [4.78, 5) is 0. The fourth-order valence-electron chi connectivity index (χ4n) is 2.33. The Morgan fingerprint density at radius 2 is 1.53 bits per heavy atom. The predicted molar refractivity (Wildman–Crippen MR) is 86.6 cm³/mol. The minimum absolute atomic E-state index is 0.603. The Morgan fingerprint density at radius 3 is 2.16 bits per heavy atom. The third kappa shape index (κ3) is 14.1. The van der Waals surface area contributed by atoms with Gasteiger partial charge in [0.15, 0.2) is 0 Å². The molecule has 0 fully saturated rings. The van der Waals surface area contributed by atoms with Crippen molar-refractivity contribution in [2.24, 2.45) is 5.73 Å². The molecule has 0 saturated heterocycles. The highest BCUT2D eigenvalue weighted by Crippen LogP contribution is 2.05. The highest BCUT2D eigenvalue weighted by molar-refractivity contribution is 4.70. The van der Waals surface area contributed by atoms with Crippen LogP contribution in [0.2, 0.25) is 0 Å². The molecule has 4 N–H and O–H groups in total. The molecule has 0 aromatic heterocycles. The molecule has 0 amide bonds. The van der Waals surface area contributed by atoms with Gasteiger partial charge < -0.3 is 16.4 Å². The van der Waals surface area contributed by atoms with Gasteiger partial charge in [-0.05, 0) is 19.4 Å². The first-order valence-electron chi connectivity index (χ1n) is 8.49. The quantitative estimate of drug-likeness (QED) is 0.401. The lowest BCUT2D eigenvalue weighted by molar-refractivity contribution is 0.430. The minimum Gasteiger partial charge on any atom is -0.329 e. The van der Waals surface area contributed by atoms with Crippen LogP contribution in [0.5, 0.6) is 0 Å². The van der Waals surface area contributed by atoms with E-state index in [0.29, 0.717) is 6.04 Å². The van der Waals surface area contributed by atoms with Gasteiger partial charge in [-0.3, -0.25) is 0 Å². The minimum atomic E-state index is 0.603. The van der Waals surface area contributed by atoms with Gasteiger partial charge in [0.2, 0.25) is 0 Å². The second kappa shape index (κ2) is 15.9. The van der Waals surface area contributed by atoms with E-state index in [9.17, 15) is 0 Å². The Balaban J connectivity index is 3.55. The van der Waals surface area contributed by atoms with E-state index in [2.05, 4.69) is 24.5 Å². The van der Waals surface area contributed by atoms with Gasteiger partial charge >= 0.3 is 0 Å². The molecule has 0 heterocycles. The van der Waals surface area contributed by atoms with E-state index in [0.717, 1.165) is 26.2 Å². The Kier molecular flexibility index (Phi) is 15.8. The molecule has 116 valence electrons. The van der Waals surface area contributed by atoms with Gasteiger partial charge in [-0.1, -0.05) is 58.8 Å². The van der Waals surface area contributed by atoms with Crippen LogP contribution in [0, 0.1) is 0 Å². The Hall–Kier alpha value is -0.120. The first-order chi connectivity index (χ1) is 9.35. The third-order valence-corrected chi connectivity index (χ3v) is 3.58. The lowest BCUT2D eigenvalue weighted by atomic mass is 10.1. The number of nitrogens with one attached hydrogen (secondary N) is 2. The molecular weight excluding hydrogens is 234 g/mol. The zero-order valence-corrected chi connectivity index (χ0v) is 13.3. The van der Waals surface area contributed by atoms with Gasteiger partial charge in [0.05, 0.1) is 0 Å². The predicted octanol–water partition coefficient (Wildman–Crippen LogP) is 3.04. The largest absolute Gasteiger partial charge is 0.329 e. The summed E-state index contributed by atoms with van der Waals surface area (Å²) in [7, 11) is 0. The smallest absolute Gasteiger partial charge is 0.0193 e. The molecule has 1 atom stereocenters. The maximum absolute atomic E-state index is 5.58. The SMILES string of the molecule is CCCCCCNCC(CCCCCC)NCCN. The summed E-state index contributed by atoms with van der Waals surface area (Å²) < 4.78 is 0. The summed E-state index contributed by atoms with van der Waals surface area (Å²) in [5, 5.41) is 7.15.